The molecule has 0 saturated heterocycles. The molecule has 0 saturated carbocycles. The third-order valence-corrected chi connectivity index (χ3v) is 4.30. The van der Waals surface area contributed by atoms with Crippen LogP contribution in [0.25, 0.3) is 10.9 Å². The third kappa shape index (κ3) is 4.02. The summed E-state index contributed by atoms with van der Waals surface area (Å²) in [7, 11) is 0. The third-order valence-electron chi connectivity index (χ3n) is 3.68. The average molecular weight is 342 g/mol. The molecule has 0 aliphatic rings. The van der Waals surface area contributed by atoms with Crippen LogP contribution in [0.4, 0.5) is 5.69 Å². The van der Waals surface area contributed by atoms with E-state index in [1.54, 1.807) is 18.3 Å². The molecule has 120 valence electrons. The number of rotatable bonds is 7. The van der Waals surface area contributed by atoms with Gasteiger partial charge in [0.15, 0.2) is 0 Å². The zero-order valence-electron chi connectivity index (χ0n) is 12.8. The fourth-order valence-electron chi connectivity index (χ4n) is 2.41. The first-order valence-corrected chi connectivity index (χ1v) is 8.19. The van der Waals surface area contributed by atoms with E-state index in [4.69, 9.17) is 23.2 Å². The number of nitrogens with zero attached hydrogens (tertiary/aromatic N) is 2. The zero-order chi connectivity index (χ0) is 16.1. The summed E-state index contributed by atoms with van der Waals surface area (Å²) >= 11 is 12.4. The van der Waals surface area contributed by atoms with Crippen molar-refractivity contribution in [2.45, 2.75) is 20.0 Å². The lowest BCUT2D eigenvalue weighted by atomic mass is 10.2. The topological polar surface area (TPSA) is 48.4 Å². The van der Waals surface area contributed by atoms with Crippen LogP contribution < -0.4 is 5.32 Å². The van der Waals surface area contributed by atoms with Crippen LogP contribution in [0.2, 0.25) is 10.0 Å². The number of hydrogen-bond acceptors (Lipinski definition) is 4. The molecule has 1 aromatic carbocycles. The number of pyridine rings is 1. The quantitative estimate of drug-likeness (QED) is 0.806. The molecule has 0 amide bonds. The van der Waals surface area contributed by atoms with Crippen molar-refractivity contribution in [2.24, 2.45) is 0 Å². The highest BCUT2D eigenvalue weighted by atomic mass is 35.5. The Morgan fingerprint density at radius 2 is 1.86 bits per heavy atom. The van der Waals surface area contributed by atoms with Crippen LogP contribution in [-0.2, 0) is 0 Å². The number of aromatic nitrogens is 1. The molecule has 0 aliphatic heterocycles. The minimum Gasteiger partial charge on any atom is -0.390 e. The summed E-state index contributed by atoms with van der Waals surface area (Å²) in [6, 6.07) is 5.33. The van der Waals surface area contributed by atoms with Gasteiger partial charge in [-0.1, -0.05) is 37.0 Å². The predicted molar refractivity (Wildman–Crippen MR) is 94.0 cm³/mol. The molecule has 2 aromatic rings. The van der Waals surface area contributed by atoms with Crippen molar-refractivity contribution in [3.05, 3.63) is 34.4 Å². The van der Waals surface area contributed by atoms with Crippen LogP contribution in [-0.4, -0.2) is 47.3 Å². The number of benzene rings is 1. The molecule has 0 fully saturated rings. The van der Waals surface area contributed by atoms with Crippen LogP contribution in [0.15, 0.2) is 24.4 Å². The van der Waals surface area contributed by atoms with Gasteiger partial charge >= 0.3 is 0 Å². The molecule has 1 aromatic heterocycles. The molecule has 6 heteroatoms. The molecule has 1 atom stereocenters. The first kappa shape index (κ1) is 17.3. The fraction of sp³-hybridized carbons (Fsp3) is 0.438. The van der Waals surface area contributed by atoms with Crippen molar-refractivity contribution in [1.29, 1.82) is 0 Å². The molecular formula is C16H21Cl2N3O. The second kappa shape index (κ2) is 7.97. The smallest absolute Gasteiger partial charge is 0.0923 e. The Hall–Kier alpha value is -1.07. The van der Waals surface area contributed by atoms with E-state index >= 15 is 0 Å². The first-order chi connectivity index (χ1) is 10.6. The van der Waals surface area contributed by atoms with E-state index in [0.717, 1.165) is 24.2 Å². The summed E-state index contributed by atoms with van der Waals surface area (Å²) in [6.07, 6.45) is 1.23. The van der Waals surface area contributed by atoms with Gasteiger partial charge in [0.2, 0.25) is 0 Å². The monoisotopic (exact) mass is 341 g/mol. The van der Waals surface area contributed by atoms with E-state index in [0.29, 0.717) is 28.7 Å². The predicted octanol–water partition coefficient (Wildman–Crippen LogP) is 3.66. The maximum Gasteiger partial charge on any atom is 0.0923 e. The molecular weight excluding hydrogens is 321 g/mol. The van der Waals surface area contributed by atoms with E-state index in [2.05, 4.69) is 29.0 Å². The average Bonchev–Trinajstić information content (AvgIpc) is 2.54. The minimum absolute atomic E-state index is 0.443. The van der Waals surface area contributed by atoms with Crippen molar-refractivity contribution in [2.75, 3.05) is 31.5 Å². The maximum absolute atomic E-state index is 10.2. The fourth-order valence-corrected chi connectivity index (χ4v) is 2.87. The van der Waals surface area contributed by atoms with E-state index in [1.807, 2.05) is 6.07 Å². The summed E-state index contributed by atoms with van der Waals surface area (Å²) in [5, 5.41) is 15.3. The molecule has 2 N–H and O–H groups in total. The van der Waals surface area contributed by atoms with Gasteiger partial charge < -0.3 is 15.3 Å². The molecule has 4 nitrogen and oxygen atoms in total. The van der Waals surface area contributed by atoms with Crippen LogP contribution >= 0.6 is 23.2 Å². The number of anilines is 1. The van der Waals surface area contributed by atoms with Crippen LogP contribution in [0.5, 0.6) is 0 Å². The van der Waals surface area contributed by atoms with Gasteiger partial charge in [-0.25, -0.2) is 0 Å². The zero-order valence-corrected chi connectivity index (χ0v) is 14.3. The summed E-state index contributed by atoms with van der Waals surface area (Å²) in [6.45, 7) is 7.10. The van der Waals surface area contributed by atoms with E-state index in [1.165, 1.54) is 0 Å². The lowest BCUT2D eigenvalue weighted by Crippen LogP contribution is -2.35. The normalized spacial score (nSPS) is 12.8. The lowest BCUT2D eigenvalue weighted by molar-refractivity contribution is 0.128. The van der Waals surface area contributed by atoms with Gasteiger partial charge in [0.05, 0.1) is 21.7 Å². The number of halogens is 2. The van der Waals surface area contributed by atoms with E-state index in [-0.39, 0.29) is 0 Å². The first-order valence-electron chi connectivity index (χ1n) is 7.43. The van der Waals surface area contributed by atoms with Gasteiger partial charge in [0.25, 0.3) is 0 Å². The molecule has 1 heterocycles. The Labute approximate surface area is 141 Å². The molecule has 22 heavy (non-hydrogen) atoms. The van der Waals surface area contributed by atoms with Crippen molar-refractivity contribution in [1.82, 2.24) is 9.88 Å². The largest absolute Gasteiger partial charge is 0.390 e. The Kier molecular flexibility index (Phi) is 6.26. The summed E-state index contributed by atoms with van der Waals surface area (Å²) in [4.78, 5) is 6.46. The Balaban J connectivity index is 2.14. The SMILES string of the molecule is CCN(CC)C[C@H](O)CNc1ccnc2c(Cl)ccc(Cl)c12. The van der Waals surface area contributed by atoms with Gasteiger partial charge in [-0.3, -0.25) is 4.98 Å². The maximum atomic E-state index is 10.2. The second-order valence-electron chi connectivity index (χ2n) is 5.13. The van der Waals surface area contributed by atoms with Gasteiger partial charge in [0, 0.05) is 30.4 Å². The standard InChI is InChI=1S/C16H21Cl2N3O/c1-3-21(4-2)10-11(22)9-20-14-7-8-19-16-13(18)6-5-12(17)15(14)16/h5-8,11,22H,3-4,9-10H2,1-2H3,(H,19,20)/t11-/m1/s1. The van der Waals surface area contributed by atoms with Crippen LogP contribution in [0, 0.1) is 0 Å². The number of aliphatic hydroxyl groups is 1. The number of aliphatic hydroxyl groups excluding tert-OH is 1. The van der Waals surface area contributed by atoms with Gasteiger partial charge in [-0.05, 0) is 31.3 Å². The minimum atomic E-state index is -0.457. The molecule has 0 spiro atoms. The molecule has 0 bridgehead atoms. The van der Waals surface area contributed by atoms with Crippen molar-refractivity contribution in [3.8, 4) is 0 Å². The molecule has 0 aliphatic carbocycles. The van der Waals surface area contributed by atoms with Crippen molar-refractivity contribution < 1.29 is 5.11 Å². The highest BCUT2D eigenvalue weighted by molar-refractivity contribution is 6.40. The van der Waals surface area contributed by atoms with Crippen molar-refractivity contribution in [3.63, 3.8) is 0 Å². The molecule has 0 radical (unpaired) electrons. The van der Waals surface area contributed by atoms with Crippen LogP contribution in [0.1, 0.15) is 13.8 Å². The molecule has 2 rings (SSSR count). The molecule has 0 unspecified atom stereocenters. The van der Waals surface area contributed by atoms with E-state index in [9.17, 15) is 5.11 Å². The second-order valence-corrected chi connectivity index (χ2v) is 5.95. The number of fused-ring (bicyclic) bond motifs is 1. The number of likely N-dealkylation sites (N-methyl/N-ethyl adjacent to an activating group) is 1. The van der Waals surface area contributed by atoms with Crippen LogP contribution in [0.3, 0.4) is 0 Å². The number of nitrogens with one attached hydrogen (secondary N) is 1. The number of hydrogen-bond donors (Lipinski definition) is 2. The van der Waals surface area contributed by atoms with Gasteiger partial charge in [0.1, 0.15) is 0 Å². The lowest BCUT2D eigenvalue weighted by Gasteiger charge is -2.22. The Morgan fingerprint density at radius 3 is 2.55 bits per heavy atom. The van der Waals surface area contributed by atoms with Gasteiger partial charge in [-0.2, -0.15) is 0 Å². The summed E-state index contributed by atoms with van der Waals surface area (Å²) in [5.41, 5.74) is 1.49. The summed E-state index contributed by atoms with van der Waals surface area (Å²) in [5.74, 6) is 0. The Bertz CT molecular complexity index is 632. The van der Waals surface area contributed by atoms with Crippen molar-refractivity contribution >= 4 is 39.8 Å². The Morgan fingerprint density at radius 1 is 1.18 bits per heavy atom. The highest BCUT2D eigenvalue weighted by Crippen LogP contribution is 2.33. The van der Waals surface area contributed by atoms with Gasteiger partial charge in [-0.15, -0.1) is 0 Å². The highest BCUT2D eigenvalue weighted by Gasteiger charge is 2.12. The van der Waals surface area contributed by atoms with E-state index < -0.39 is 6.10 Å². The summed E-state index contributed by atoms with van der Waals surface area (Å²) < 4.78 is 0.